The van der Waals surface area contributed by atoms with Crippen LogP contribution < -0.4 is 16.0 Å². The molecule has 5 heteroatoms. The molecule has 0 saturated heterocycles. The van der Waals surface area contributed by atoms with Crippen LogP contribution in [0.15, 0.2) is 35.3 Å². The second kappa shape index (κ2) is 11.6. The predicted molar refractivity (Wildman–Crippen MR) is 108 cm³/mol. The molecule has 0 aliphatic heterocycles. The number of hydrogen-bond acceptors (Lipinski definition) is 2. The van der Waals surface area contributed by atoms with Gasteiger partial charge in [-0.1, -0.05) is 50.1 Å². The van der Waals surface area contributed by atoms with Gasteiger partial charge < -0.3 is 16.0 Å². The molecule has 2 rings (SSSR count). The third kappa shape index (κ3) is 7.46. The highest BCUT2D eigenvalue weighted by Gasteiger charge is 2.17. The summed E-state index contributed by atoms with van der Waals surface area (Å²) < 4.78 is 0. The number of nitrogens with zero attached hydrogens (tertiary/aromatic N) is 1. The first-order valence-electron chi connectivity index (χ1n) is 10.0. The SMILES string of the molecule is CCNC(=NCC(C)c1ccccc1)NCCNC(=O)CC1CCCC1. The molecule has 5 nitrogen and oxygen atoms in total. The molecule has 1 amide bonds. The molecular weight excluding hydrogens is 324 g/mol. The van der Waals surface area contributed by atoms with Gasteiger partial charge >= 0.3 is 0 Å². The summed E-state index contributed by atoms with van der Waals surface area (Å²) >= 11 is 0. The summed E-state index contributed by atoms with van der Waals surface area (Å²) in [6.45, 7) is 7.10. The lowest BCUT2D eigenvalue weighted by Crippen LogP contribution is -2.41. The first-order valence-corrected chi connectivity index (χ1v) is 10.0. The molecule has 0 bridgehead atoms. The average molecular weight is 359 g/mol. The number of nitrogens with one attached hydrogen (secondary N) is 3. The molecule has 3 N–H and O–H groups in total. The molecule has 1 aromatic carbocycles. The summed E-state index contributed by atoms with van der Waals surface area (Å²) in [4.78, 5) is 16.6. The highest BCUT2D eigenvalue weighted by Crippen LogP contribution is 2.27. The van der Waals surface area contributed by atoms with E-state index >= 15 is 0 Å². The van der Waals surface area contributed by atoms with Crippen LogP contribution in [0.3, 0.4) is 0 Å². The predicted octanol–water partition coefficient (Wildman–Crippen LogP) is 3.04. The first-order chi connectivity index (χ1) is 12.7. The van der Waals surface area contributed by atoms with Crippen molar-refractivity contribution < 1.29 is 4.79 Å². The summed E-state index contributed by atoms with van der Waals surface area (Å²) in [5.74, 6) is 1.96. The first kappa shape index (κ1) is 20.3. The van der Waals surface area contributed by atoms with Gasteiger partial charge in [0.1, 0.15) is 0 Å². The number of rotatable bonds is 9. The van der Waals surface area contributed by atoms with Crippen LogP contribution in [0.1, 0.15) is 57.4 Å². The minimum Gasteiger partial charge on any atom is -0.357 e. The highest BCUT2D eigenvalue weighted by molar-refractivity contribution is 5.80. The molecule has 26 heavy (non-hydrogen) atoms. The highest BCUT2D eigenvalue weighted by atomic mass is 16.1. The average Bonchev–Trinajstić information content (AvgIpc) is 3.16. The fraction of sp³-hybridized carbons (Fsp3) is 0.619. The summed E-state index contributed by atoms with van der Waals surface area (Å²) in [5.41, 5.74) is 1.30. The van der Waals surface area contributed by atoms with Gasteiger partial charge in [0.25, 0.3) is 0 Å². The Morgan fingerprint density at radius 2 is 1.81 bits per heavy atom. The number of aliphatic imine (C=N–C) groups is 1. The van der Waals surface area contributed by atoms with E-state index in [1.807, 2.05) is 6.07 Å². The second-order valence-electron chi connectivity index (χ2n) is 7.16. The van der Waals surface area contributed by atoms with Gasteiger partial charge in [-0.15, -0.1) is 0 Å². The normalized spacial score (nSPS) is 16.3. The van der Waals surface area contributed by atoms with E-state index in [0.717, 1.165) is 19.0 Å². The third-order valence-electron chi connectivity index (χ3n) is 4.92. The van der Waals surface area contributed by atoms with Crippen LogP contribution in [0.4, 0.5) is 0 Å². The van der Waals surface area contributed by atoms with E-state index in [4.69, 9.17) is 0 Å². The van der Waals surface area contributed by atoms with Gasteiger partial charge in [-0.3, -0.25) is 9.79 Å². The lowest BCUT2D eigenvalue weighted by molar-refractivity contribution is -0.121. The zero-order valence-corrected chi connectivity index (χ0v) is 16.3. The number of carbonyl (C=O) groups excluding carboxylic acids is 1. The maximum absolute atomic E-state index is 12.0. The molecule has 0 spiro atoms. The molecule has 1 atom stereocenters. The van der Waals surface area contributed by atoms with Gasteiger partial charge in [0, 0.05) is 38.5 Å². The molecule has 0 heterocycles. The van der Waals surface area contributed by atoms with Crippen molar-refractivity contribution >= 4 is 11.9 Å². The van der Waals surface area contributed by atoms with Crippen molar-refractivity contribution in [2.24, 2.45) is 10.9 Å². The van der Waals surface area contributed by atoms with Gasteiger partial charge in [0.05, 0.1) is 0 Å². The summed E-state index contributed by atoms with van der Waals surface area (Å²) in [5, 5.41) is 9.58. The van der Waals surface area contributed by atoms with Crippen molar-refractivity contribution in [2.75, 3.05) is 26.2 Å². The number of benzene rings is 1. The van der Waals surface area contributed by atoms with Crippen LogP contribution in [-0.2, 0) is 4.79 Å². The van der Waals surface area contributed by atoms with Crippen LogP contribution in [0.5, 0.6) is 0 Å². The Labute approximate surface area is 158 Å². The minimum absolute atomic E-state index is 0.179. The van der Waals surface area contributed by atoms with Crippen LogP contribution in [-0.4, -0.2) is 38.0 Å². The maximum Gasteiger partial charge on any atom is 0.220 e. The fourth-order valence-corrected chi connectivity index (χ4v) is 3.39. The number of carbonyl (C=O) groups is 1. The van der Waals surface area contributed by atoms with Crippen molar-refractivity contribution in [2.45, 2.75) is 51.9 Å². The molecule has 144 valence electrons. The zero-order chi connectivity index (χ0) is 18.6. The fourth-order valence-electron chi connectivity index (χ4n) is 3.39. The standard InChI is InChI=1S/C21H34N4O/c1-3-22-21(25-16-17(2)19-11-5-4-6-12-19)24-14-13-23-20(26)15-18-9-7-8-10-18/h4-6,11-12,17-18H,3,7-10,13-16H2,1-2H3,(H,23,26)(H2,22,24,25). The molecule has 1 aliphatic carbocycles. The van der Waals surface area contributed by atoms with Crippen LogP contribution in [0.25, 0.3) is 0 Å². The van der Waals surface area contributed by atoms with Crippen molar-refractivity contribution in [3.63, 3.8) is 0 Å². The zero-order valence-electron chi connectivity index (χ0n) is 16.3. The lowest BCUT2D eigenvalue weighted by Gasteiger charge is -2.14. The van der Waals surface area contributed by atoms with Gasteiger partial charge in [0.2, 0.25) is 5.91 Å². The van der Waals surface area contributed by atoms with Crippen molar-refractivity contribution in [3.05, 3.63) is 35.9 Å². The monoisotopic (exact) mass is 358 g/mol. The second-order valence-corrected chi connectivity index (χ2v) is 7.16. The van der Waals surface area contributed by atoms with E-state index in [-0.39, 0.29) is 5.91 Å². The summed E-state index contributed by atoms with van der Waals surface area (Å²) in [6.07, 6.45) is 5.67. The van der Waals surface area contributed by atoms with E-state index in [2.05, 4.69) is 59.1 Å². The quantitative estimate of drug-likeness (QED) is 0.361. The van der Waals surface area contributed by atoms with Crippen LogP contribution in [0.2, 0.25) is 0 Å². The Morgan fingerprint density at radius 1 is 1.12 bits per heavy atom. The van der Waals surface area contributed by atoms with E-state index in [0.29, 0.717) is 31.3 Å². The molecule has 1 unspecified atom stereocenters. The van der Waals surface area contributed by atoms with Gasteiger partial charge in [-0.25, -0.2) is 0 Å². The summed E-state index contributed by atoms with van der Waals surface area (Å²) in [6, 6.07) is 10.4. The molecule has 1 saturated carbocycles. The molecule has 1 aliphatic rings. The number of guanidine groups is 1. The van der Waals surface area contributed by atoms with E-state index < -0.39 is 0 Å². The Bertz CT molecular complexity index is 552. The van der Waals surface area contributed by atoms with Crippen LogP contribution in [0, 0.1) is 5.92 Å². The lowest BCUT2D eigenvalue weighted by atomic mass is 10.0. The Kier molecular flexibility index (Phi) is 9.01. The van der Waals surface area contributed by atoms with E-state index in [9.17, 15) is 4.79 Å². The topological polar surface area (TPSA) is 65.5 Å². The summed E-state index contributed by atoms with van der Waals surface area (Å²) in [7, 11) is 0. The molecule has 1 fully saturated rings. The van der Waals surface area contributed by atoms with E-state index in [1.165, 1.54) is 31.2 Å². The maximum atomic E-state index is 12.0. The van der Waals surface area contributed by atoms with Gasteiger partial charge in [-0.2, -0.15) is 0 Å². The molecule has 0 aromatic heterocycles. The minimum atomic E-state index is 0.179. The van der Waals surface area contributed by atoms with Crippen LogP contribution >= 0.6 is 0 Å². The number of amides is 1. The van der Waals surface area contributed by atoms with Crippen molar-refractivity contribution in [1.82, 2.24) is 16.0 Å². The van der Waals surface area contributed by atoms with Gasteiger partial charge in [0.15, 0.2) is 5.96 Å². The molecular formula is C21H34N4O. The Hall–Kier alpha value is -2.04. The Morgan fingerprint density at radius 3 is 2.50 bits per heavy atom. The largest absolute Gasteiger partial charge is 0.357 e. The van der Waals surface area contributed by atoms with Crippen molar-refractivity contribution in [3.8, 4) is 0 Å². The van der Waals surface area contributed by atoms with Crippen molar-refractivity contribution in [1.29, 1.82) is 0 Å². The van der Waals surface area contributed by atoms with Gasteiger partial charge in [-0.05, 0) is 31.2 Å². The molecule has 1 aromatic rings. The molecule has 0 radical (unpaired) electrons. The third-order valence-corrected chi connectivity index (χ3v) is 4.92. The number of hydrogen-bond donors (Lipinski definition) is 3. The smallest absolute Gasteiger partial charge is 0.220 e. The Balaban J connectivity index is 1.68. The van der Waals surface area contributed by atoms with E-state index in [1.54, 1.807) is 0 Å².